The summed E-state index contributed by atoms with van der Waals surface area (Å²) >= 11 is 1.90. The quantitative estimate of drug-likeness (QED) is 0.825. The van der Waals surface area contributed by atoms with Crippen LogP contribution in [0.3, 0.4) is 0 Å². The second kappa shape index (κ2) is 5.13. The van der Waals surface area contributed by atoms with Crippen LogP contribution in [0.25, 0.3) is 0 Å². The second-order valence-corrected chi connectivity index (χ2v) is 5.74. The highest BCUT2D eigenvalue weighted by molar-refractivity contribution is 7.09. The summed E-state index contributed by atoms with van der Waals surface area (Å²) in [6, 6.07) is 5.19. The van der Waals surface area contributed by atoms with E-state index in [1.807, 2.05) is 11.3 Å². The van der Waals surface area contributed by atoms with Crippen molar-refractivity contribution in [1.29, 1.82) is 0 Å². The summed E-state index contributed by atoms with van der Waals surface area (Å²) in [5.41, 5.74) is 0. The Morgan fingerprint density at radius 1 is 1.47 bits per heavy atom. The van der Waals surface area contributed by atoms with Gasteiger partial charge in [0, 0.05) is 10.9 Å². The van der Waals surface area contributed by atoms with Crippen LogP contribution in [0.1, 0.15) is 31.1 Å². The van der Waals surface area contributed by atoms with Crippen LogP contribution in [0.5, 0.6) is 0 Å². The first-order chi connectivity index (χ1) is 7.31. The smallest absolute Gasteiger partial charge is 0.00924 e. The van der Waals surface area contributed by atoms with Crippen LogP contribution in [-0.2, 0) is 6.42 Å². The van der Waals surface area contributed by atoms with E-state index in [0.717, 1.165) is 17.9 Å². The minimum absolute atomic E-state index is 0.762. The third kappa shape index (κ3) is 2.61. The topological polar surface area (TPSA) is 12.0 Å². The summed E-state index contributed by atoms with van der Waals surface area (Å²) in [6.07, 6.45) is 5.44. The normalized spacial score (nSPS) is 30.9. The van der Waals surface area contributed by atoms with E-state index in [9.17, 15) is 0 Å². The van der Waals surface area contributed by atoms with Crippen LogP contribution in [0.15, 0.2) is 17.5 Å². The van der Waals surface area contributed by atoms with Crippen LogP contribution in [-0.4, -0.2) is 13.1 Å². The molecule has 1 saturated carbocycles. The average molecular weight is 223 g/mol. The minimum atomic E-state index is 0.762. The Kier molecular flexibility index (Phi) is 3.81. The molecule has 1 aliphatic carbocycles. The lowest BCUT2D eigenvalue weighted by atomic mass is 9.91. The molecule has 0 aliphatic heterocycles. The molecule has 84 valence electrons. The van der Waals surface area contributed by atoms with Crippen molar-refractivity contribution in [3.63, 3.8) is 0 Å². The molecular formula is C13H21NS. The number of rotatable bonds is 4. The number of aryl methyl sites for hydroxylation is 1. The van der Waals surface area contributed by atoms with Gasteiger partial charge in [-0.15, -0.1) is 11.3 Å². The Labute approximate surface area is 96.9 Å². The Hall–Kier alpha value is -0.340. The van der Waals surface area contributed by atoms with Crippen molar-refractivity contribution in [3.8, 4) is 0 Å². The van der Waals surface area contributed by atoms with Gasteiger partial charge < -0.3 is 5.32 Å². The first-order valence-corrected chi connectivity index (χ1v) is 6.89. The highest BCUT2D eigenvalue weighted by Crippen LogP contribution is 2.35. The zero-order valence-electron chi connectivity index (χ0n) is 9.70. The average Bonchev–Trinajstić information content (AvgIpc) is 2.85. The van der Waals surface area contributed by atoms with E-state index in [1.54, 1.807) is 4.88 Å². The molecule has 3 unspecified atom stereocenters. The van der Waals surface area contributed by atoms with Crippen molar-refractivity contribution in [3.05, 3.63) is 22.4 Å². The van der Waals surface area contributed by atoms with E-state index in [2.05, 4.69) is 36.8 Å². The van der Waals surface area contributed by atoms with Crippen LogP contribution in [0.2, 0.25) is 0 Å². The maximum Gasteiger partial charge on any atom is 0.00924 e. The highest BCUT2D eigenvalue weighted by atomic mass is 32.1. The van der Waals surface area contributed by atoms with Gasteiger partial charge in [0.2, 0.25) is 0 Å². The van der Waals surface area contributed by atoms with Crippen molar-refractivity contribution in [2.45, 2.75) is 38.6 Å². The van der Waals surface area contributed by atoms with Crippen molar-refractivity contribution >= 4 is 11.3 Å². The van der Waals surface area contributed by atoms with Crippen LogP contribution in [0.4, 0.5) is 0 Å². The van der Waals surface area contributed by atoms with E-state index in [4.69, 9.17) is 0 Å². The summed E-state index contributed by atoms with van der Waals surface area (Å²) in [4.78, 5) is 1.55. The molecule has 1 aromatic rings. The molecule has 1 fully saturated rings. The highest BCUT2D eigenvalue weighted by Gasteiger charge is 2.30. The maximum atomic E-state index is 3.44. The molecule has 0 bridgehead atoms. The molecule has 15 heavy (non-hydrogen) atoms. The molecule has 2 heteroatoms. The minimum Gasteiger partial charge on any atom is -0.317 e. The van der Waals surface area contributed by atoms with E-state index in [1.165, 1.54) is 25.7 Å². The Bertz CT molecular complexity index is 281. The zero-order chi connectivity index (χ0) is 10.7. The van der Waals surface area contributed by atoms with Gasteiger partial charge >= 0.3 is 0 Å². The van der Waals surface area contributed by atoms with Gasteiger partial charge in [0.05, 0.1) is 0 Å². The van der Waals surface area contributed by atoms with Crippen molar-refractivity contribution in [1.82, 2.24) is 5.32 Å². The third-order valence-corrected chi connectivity index (χ3v) is 4.88. The number of nitrogens with one attached hydrogen (secondary N) is 1. The molecule has 1 heterocycles. The zero-order valence-corrected chi connectivity index (χ0v) is 10.5. The van der Waals surface area contributed by atoms with Gasteiger partial charge in [0.1, 0.15) is 0 Å². The number of hydrogen-bond donors (Lipinski definition) is 1. The molecule has 0 spiro atoms. The lowest BCUT2D eigenvalue weighted by Gasteiger charge is -2.19. The first kappa shape index (κ1) is 11.2. The summed E-state index contributed by atoms with van der Waals surface area (Å²) < 4.78 is 0. The fraction of sp³-hybridized carbons (Fsp3) is 0.692. The molecule has 0 aromatic carbocycles. The molecule has 2 rings (SSSR count). The Balaban J connectivity index is 1.81. The largest absolute Gasteiger partial charge is 0.317 e. The molecule has 1 N–H and O–H groups in total. The lowest BCUT2D eigenvalue weighted by Crippen LogP contribution is -2.29. The van der Waals surface area contributed by atoms with Crippen molar-refractivity contribution in [2.75, 3.05) is 7.05 Å². The van der Waals surface area contributed by atoms with Crippen LogP contribution in [0, 0.1) is 11.8 Å². The number of hydrogen-bond acceptors (Lipinski definition) is 2. The van der Waals surface area contributed by atoms with Gasteiger partial charge in [-0.1, -0.05) is 13.0 Å². The predicted molar refractivity (Wildman–Crippen MR) is 67.4 cm³/mol. The van der Waals surface area contributed by atoms with Crippen molar-refractivity contribution in [2.24, 2.45) is 11.8 Å². The molecule has 1 aromatic heterocycles. The summed E-state index contributed by atoms with van der Waals surface area (Å²) in [6.45, 7) is 2.41. The summed E-state index contributed by atoms with van der Waals surface area (Å²) in [5, 5.41) is 5.62. The molecule has 3 atom stereocenters. The summed E-state index contributed by atoms with van der Waals surface area (Å²) in [7, 11) is 2.10. The standard InChI is InChI=1S/C13H21NS/c1-10-11(6-8-13(10)14-2)5-7-12-4-3-9-15-12/h3-4,9-11,13-14H,5-8H2,1-2H3. The Morgan fingerprint density at radius 2 is 2.33 bits per heavy atom. The van der Waals surface area contributed by atoms with Gasteiger partial charge in [-0.2, -0.15) is 0 Å². The molecule has 0 radical (unpaired) electrons. The van der Waals surface area contributed by atoms with Crippen molar-refractivity contribution < 1.29 is 0 Å². The van der Waals surface area contributed by atoms with Gasteiger partial charge in [-0.05, 0) is 56.0 Å². The number of thiophene rings is 1. The molecule has 1 nitrogen and oxygen atoms in total. The van der Waals surface area contributed by atoms with E-state index in [0.29, 0.717) is 0 Å². The SMILES string of the molecule is CNC1CCC(CCc2cccs2)C1C. The van der Waals surface area contributed by atoms with Gasteiger partial charge in [0.15, 0.2) is 0 Å². The van der Waals surface area contributed by atoms with Crippen LogP contribution < -0.4 is 5.32 Å². The maximum absolute atomic E-state index is 3.44. The molecule has 0 saturated heterocycles. The summed E-state index contributed by atoms with van der Waals surface area (Å²) in [5.74, 6) is 1.79. The van der Waals surface area contributed by atoms with Gasteiger partial charge in [-0.25, -0.2) is 0 Å². The van der Waals surface area contributed by atoms with E-state index in [-0.39, 0.29) is 0 Å². The van der Waals surface area contributed by atoms with Crippen LogP contribution >= 0.6 is 11.3 Å². The second-order valence-electron chi connectivity index (χ2n) is 4.71. The molecular weight excluding hydrogens is 202 g/mol. The predicted octanol–water partition coefficient (Wildman–Crippen LogP) is 3.31. The molecule has 1 aliphatic rings. The van der Waals surface area contributed by atoms with Gasteiger partial charge in [-0.3, -0.25) is 0 Å². The fourth-order valence-corrected chi connectivity index (χ4v) is 3.57. The lowest BCUT2D eigenvalue weighted by molar-refractivity contribution is 0.348. The van der Waals surface area contributed by atoms with E-state index < -0.39 is 0 Å². The molecule has 0 amide bonds. The monoisotopic (exact) mass is 223 g/mol. The Morgan fingerprint density at radius 3 is 2.93 bits per heavy atom. The van der Waals surface area contributed by atoms with E-state index >= 15 is 0 Å². The third-order valence-electron chi connectivity index (χ3n) is 3.94. The first-order valence-electron chi connectivity index (χ1n) is 6.01. The fourth-order valence-electron chi connectivity index (χ4n) is 2.84. The van der Waals surface area contributed by atoms with Gasteiger partial charge in [0.25, 0.3) is 0 Å².